The summed E-state index contributed by atoms with van der Waals surface area (Å²) in [6.07, 6.45) is -0.466. The zero-order valence-electron chi connectivity index (χ0n) is 18.2. The molecule has 3 heterocycles. The lowest BCUT2D eigenvalue weighted by Crippen LogP contribution is -2.22. The molecule has 4 rings (SSSR count). The van der Waals surface area contributed by atoms with Crippen molar-refractivity contribution in [1.82, 2.24) is 9.97 Å². The third kappa shape index (κ3) is 5.42. The summed E-state index contributed by atoms with van der Waals surface area (Å²) in [6, 6.07) is 10.6. The number of benzene rings is 1. The van der Waals surface area contributed by atoms with E-state index in [2.05, 4.69) is 31.8 Å². The average molecular weight is 456 g/mol. The van der Waals surface area contributed by atoms with Crippen LogP contribution in [0.15, 0.2) is 54.9 Å². The van der Waals surface area contributed by atoms with Gasteiger partial charge in [-0.25, -0.2) is 4.98 Å². The summed E-state index contributed by atoms with van der Waals surface area (Å²) in [7, 11) is 0. The molecule has 1 amide bonds. The number of hydrogen-bond acceptors (Lipinski definition) is 5. The van der Waals surface area contributed by atoms with Gasteiger partial charge in [0.25, 0.3) is 5.91 Å². The Balaban J connectivity index is 1.61. The van der Waals surface area contributed by atoms with E-state index in [-0.39, 0.29) is 5.75 Å². The molecule has 1 N–H and O–H groups in total. The summed E-state index contributed by atoms with van der Waals surface area (Å²) < 4.78 is 40.9. The monoisotopic (exact) mass is 456 g/mol. The van der Waals surface area contributed by atoms with E-state index in [0.717, 1.165) is 54.3 Å². The summed E-state index contributed by atoms with van der Waals surface area (Å²) in [4.78, 5) is 24.1. The molecular weight excluding hydrogens is 433 g/mol. The van der Waals surface area contributed by atoms with Gasteiger partial charge in [-0.2, -0.15) is 0 Å². The van der Waals surface area contributed by atoms with Crippen molar-refractivity contribution >= 4 is 17.4 Å². The summed E-state index contributed by atoms with van der Waals surface area (Å²) in [5, 5.41) is 2.69. The van der Waals surface area contributed by atoms with Crippen molar-refractivity contribution < 1.29 is 22.7 Å². The number of nitrogens with zero attached hydrogens (tertiary/aromatic N) is 3. The number of alkyl halides is 3. The molecule has 2 aromatic heterocycles. The predicted molar refractivity (Wildman–Crippen MR) is 119 cm³/mol. The molecule has 1 saturated heterocycles. The van der Waals surface area contributed by atoms with Crippen molar-refractivity contribution in [2.24, 2.45) is 5.92 Å². The Morgan fingerprint density at radius 3 is 2.55 bits per heavy atom. The van der Waals surface area contributed by atoms with Crippen LogP contribution in [-0.4, -0.2) is 35.3 Å². The Bertz CT molecular complexity index is 1150. The highest BCUT2D eigenvalue weighted by molar-refractivity contribution is 6.05. The largest absolute Gasteiger partial charge is 0.573 e. The summed E-state index contributed by atoms with van der Waals surface area (Å²) in [6.45, 7) is 5.88. The minimum atomic E-state index is -4.77. The first kappa shape index (κ1) is 22.6. The second-order valence-corrected chi connectivity index (χ2v) is 8.10. The van der Waals surface area contributed by atoms with Crippen LogP contribution in [-0.2, 0) is 0 Å². The molecule has 3 aromatic rings. The number of carbonyl (C=O) groups is 1. The van der Waals surface area contributed by atoms with Crippen LogP contribution in [0.3, 0.4) is 0 Å². The van der Waals surface area contributed by atoms with E-state index >= 15 is 0 Å². The number of ether oxygens (including phenoxy) is 1. The number of aryl methyl sites for hydroxylation is 1. The summed E-state index contributed by atoms with van der Waals surface area (Å²) in [5.74, 6) is 0.583. The lowest BCUT2D eigenvalue weighted by molar-refractivity contribution is -0.274. The second-order valence-electron chi connectivity index (χ2n) is 8.10. The van der Waals surface area contributed by atoms with Crippen LogP contribution in [0.4, 0.5) is 24.7 Å². The van der Waals surface area contributed by atoms with E-state index in [9.17, 15) is 18.0 Å². The first-order valence-electron chi connectivity index (χ1n) is 10.5. The number of anilines is 2. The molecule has 1 aromatic carbocycles. The van der Waals surface area contributed by atoms with E-state index in [0.29, 0.717) is 17.2 Å². The Labute approximate surface area is 189 Å². The van der Waals surface area contributed by atoms with Gasteiger partial charge < -0.3 is 15.0 Å². The molecule has 0 radical (unpaired) electrons. The van der Waals surface area contributed by atoms with Gasteiger partial charge in [-0.1, -0.05) is 13.0 Å². The van der Waals surface area contributed by atoms with Gasteiger partial charge in [0.05, 0.1) is 5.56 Å². The fraction of sp³-hybridized carbons (Fsp3) is 0.292. The molecule has 6 nitrogen and oxygen atoms in total. The standard InChI is InChI=1S/C24H23F3N4O2/c1-15-9-11-31(14-15)22-21(20-4-3-10-28-16(20)2)12-17(13-29-22)23(32)30-18-5-7-19(8-6-18)33-24(25,26)27/h3-8,10,12-13,15H,9,11,14H2,1-2H3,(H,30,32)/t15-/m1/s1. The molecule has 0 unspecified atom stereocenters. The SMILES string of the molecule is Cc1ncccc1-c1cc(C(=O)Nc2ccc(OC(F)(F)F)cc2)cnc1N1CC[C@@H](C)C1. The summed E-state index contributed by atoms with van der Waals surface area (Å²) in [5.41, 5.74) is 3.20. The lowest BCUT2D eigenvalue weighted by Gasteiger charge is -2.22. The van der Waals surface area contributed by atoms with Crippen molar-refractivity contribution in [3.8, 4) is 16.9 Å². The summed E-state index contributed by atoms with van der Waals surface area (Å²) >= 11 is 0. The molecule has 1 atom stereocenters. The van der Waals surface area contributed by atoms with Gasteiger partial charge in [0.1, 0.15) is 11.6 Å². The number of halogens is 3. The van der Waals surface area contributed by atoms with Gasteiger partial charge in [0.15, 0.2) is 0 Å². The molecule has 9 heteroatoms. The fourth-order valence-electron chi connectivity index (χ4n) is 3.87. The van der Waals surface area contributed by atoms with Crippen molar-refractivity contribution in [1.29, 1.82) is 0 Å². The molecule has 0 saturated carbocycles. The van der Waals surface area contributed by atoms with Gasteiger partial charge in [0, 0.05) is 48.0 Å². The minimum absolute atomic E-state index is 0.333. The van der Waals surface area contributed by atoms with Gasteiger partial charge in [0.2, 0.25) is 0 Å². The van der Waals surface area contributed by atoms with Crippen molar-refractivity contribution in [2.75, 3.05) is 23.3 Å². The maximum absolute atomic E-state index is 12.9. The van der Waals surface area contributed by atoms with Crippen molar-refractivity contribution in [3.63, 3.8) is 0 Å². The average Bonchev–Trinajstić information content (AvgIpc) is 3.20. The molecule has 0 bridgehead atoms. The number of aromatic nitrogens is 2. The number of nitrogens with one attached hydrogen (secondary N) is 1. The molecule has 0 aliphatic carbocycles. The van der Waals surface area contributed by atoms with E-state index in [1.165, 1.54) is 18.3 Å². The number of hydrogen-bond donors (Lipinski definition) is 1. The van der Waals surface area contributed by atoms with Crippen LogP contribution in [0.5, 0.6) is 5.75 Å². The predicted octanol–water partition coefficient (Wildman–Crippen LogP) is 5.45. The van der Waals surface area contributed by atoms with Gasteiger partial charge in [-0.15, -0.1) is 13.2 Å². The number of pyridine rings is 2. The third-order valence-electron chi connectivity index (χ3n) is 5.50. The van der Waals surface area contributed by atoms with Gasteiger partial charge in [-0.3, -0.25) is 9.78 Å². The Hall–Kier alpha value is -3.62. The van der Waals surface area contributed by atoms with E-state index in [1.807, 2.05) is 19.1 Å². The lowest BCUT2D eigenvalue weighted by atomic mass is 10.0. The molecule has 1 fully saturated rings. The molecule has 0 spiro atoms. The third-order valence-corrected chi connectivity index (χ3v) is 5.50. The number of carbonyl (C=O) groups excluding carboxylic acids is 1. The van der Waals surface area contributed by atoms with Crippen LogP contribution in [0.1, 0.15) is 29.4 Å². The maximum Gasteiger partial charge on any atom is 0.573 e. The van der Waals surface area contributed by atoms with Crippen LogP contribution in [0, 0.1) is 12.8 Å². The zero-order chi connectivity index (χ0) is 23.6. The smallest absolute Gasteiger partial charge is 0.406 e. The highest BCUT2D eigenvalue weighted by Crippen LogP contribution is 2.34. The molecule has 172 valence electrons. The van der Waals surface area contributed by atoms with Crippen LogP contribution in [0.2, 0.25) is 0 Å². The van der Waals surface area contributed by atoms with Gasteiger partial charge >= 0.3 is 6.36 Å². The Morgan fingerprint density at radius 2 is 1.91 bits per heavy atom. The molecule has 33 heavy (non-hydrogen) atoms. The van der Waals surface area contributed by atoms with Crippen molar-refractivity contribution in [2.45, 2.75) is 26.6 Å². The second kappa shape index (κ2) is 9.09. The maximum atomic E-state index is 12.9. The normalized spacial score (nSPS) is 16.0. The van der Waals surface area contributed by atoms with Crippen LogP contribution in [0.25, 0.3) is 11.1 Å². The topological polar surface area (TPSA) is 67.3 Å². The molecule has 1 aliphatic heterocycles. The fourth-order valence-corrected chi connectivity index (χ4v) is 3.87. The molecule has 1 aliphatic rings. The van der Waals surface area contributed by atoms with E-state index in [1.54, 1.807) is 12.3 Å². The van der Waals surface area contributed by atoms with Crippen molar-refractivity contribution in [3.05, 3.63) is 66.1 Å². The Morgan fingerprint density at radius 1 is 1.15 bits per heavy atom. The zero-order valence-corrected chi connectivity index (χ0v) is 18.2. The quantitative estimate of drug-likeness (QED) is 0.553. The minimum Gasteiger partial charge on any atom is -0.406 e. The van der Waals surface area contributed by atoms with Crippen LogP contribution < -0.4 is 15.0 Å². The number of amides is 1. The van der Waals surface area contributed by atoms with E-state index < -0.39 is 12.3 Å². The first-order valence-corrected chi connectivity index (χ1v) is 10.5. The highest BCUT2D eigenvalue weighted by Gasteiger charge is 2.31. The first-order chi connectivity index (χ1) is 15.7. The number of rotatable bonds is 5. The molecular formula is C24H23F3N4O2. The van der Waals surface area contributed by atoms with E-state index in [4.69, 9.17) is 0 Å². The van der Waals surface area contributed by atoms with Gasteiger partial charge in [-0.05, 0) is 55.7 Å². The highest BCUT2D eigenvalue weighted by atomic mass is 19.4. The Kier molecular flexibility index (Phi) is 6.22. The van der Waals surface area contributed by atoms with Crippen LogP contribution >= 0.6 is 0 Å².